The van der Waals surface area contributed by atoms with E-state index < -0.39 is 0 Å². The van der Waals surface area contributed by atoms with Crippen molar-refractivity contribution in [3.8, 4) is 5.69 Å². The Morgan fingerprint density at radius 1 is 0.970 bits per heavy atom. The number of benzene rings is 3. The summed E-state index contributed by atoms with van der Waals surface area (Å²) < 4.78 is 1.59. The van der Waals surface area contributed by atoms with Crippen LogP contribution in [-0.2, 0) is 5.75 Å². The van der Waals surface area contributed by atoms with Gasteiger partial charge in [-0.3, -0.25) is 9.36 Å². The van der Waals surface area contributed by atoms with Crippen LogP contribution in [0.3, 0.4) is 0 Å². The quantitative estimate of drug-likeness (QED) is 0.218. The van der Waals surface area contributed by atoms with E-state index >= 15 is 0 Å². The molecular weight excluding hydrogens is 456 g/mol. The smallest absolute Gasteiger partial charge is 0.266 e. The molecule has 0 saturated carbocycles. The van der Waals surface area contributed by atoms with Gasteiger partial charge < -0.3 is 4.98 Å². The van der Waals surface area contributed by atoms with Crippen LogP contribution in [0.4, 0.5) is 0 Å². The summed E-state index contributed by atoms with van der Waals surface area (Å²) in [6.07, 6.45) is 3.08. The van der Waals surface area contributed by atoms with Crippen LogP contribution in [-0.4, -0.2) is 29.5 Å². The molecule has 0 amide bonds. The Hall–Kier alpha value is -3.75. The second-order valence-electron chi connectivity index (χ2n) is 7.40. The SMILES string of the molecule is O=c1c2cc3ccccc3cc2nc(CSc2ncnc3[nH]cnc23)n1-c1ccccc1Cl. The molecule has 0 saturated heterocycles. The minimum atomic E-state index is -0.165. The number of thioether (sulfide) groups is 1. The monoisotopic (exact) mass is 470 g/mol. The maximum absolute atomic E-state index is 13.7. The minimum Gasteiger partial charge on any atom is -0.329 e. The largest absolute Gasteiger partial charge is 0.329 e. The van der Waals surface area contributed by atoms with Crippen molar-refractivity contribution in [1.82, 2.24) is 29.5 Å². The predicted octanol–water partition coefficient (Wildman–Crippen LogP) is 5.15. The standard InChI is InChI=1S/C24H15ClN6OS/c25-17-7-3-4-8-19(17)31-20(11-33-23-21-22(27-12-26-21)28-13-29-23)30-18-10-15-6-2-1-5-14(15)9-16(18)24(31)32/h1-10,12-13H,11H2,(H,26,27,28,29). The maximum Gasteiger partial charge on any atom is 0.266 e. The van der Waals surface area contributed by atoms with Gasteiger partial charge in [0.15, 0.2) is 5.65 Å². The molecule has 0 unspecified atom stereocenters. The van der Waals surface area contributed by atoms with Gasteiger partial charge in [-0.15, -0.1) is 0 Å². The Labute approximate surface area is 196 Å². The zero-order chi connectivity index (χ0) is 22.4. The summed E-state index contributed by atoms with van der Waals surface area (Å²) in [6, 6.07) is 19.1. The minimum absolute atomic E-state index is 0.165. The fraction of sp³-hybridized carbons (Fsp3) is 0.0417. The van der Waals surface area contributed by atoms with Gasteiger partial charge in [0.1, 0.15) is 22.7 Å². The lowest BCUT2D eigenvalue weighted by atomic mass is 10.1. The van der Waals surface area contributed by atoms with Gasteiger partial charge in [0.05, 0.1) is 33.7 Å². The van der Waals surface area contributed by atoms with Crippen molar-refractivity contribution >= 4 is 56.2 Å². The number of nitrogens with one attached hydrogen (secondary N) is 1. The van der Waals surface area contributed by atoms with Gasteiger partial charge >= 0.3 is 0 Å². The summed E-state index contributed by atoms with van der Waals surface area (Å²) in [5.41, 5.74) is 2.41. The number of rotatable bonds is 4. The Balaban J connectivity index is 1.56. The summed E-state index contributed by atoms with van der Waals surface area (Å²) in [5, 5.41) is 3.74. The van der Waals surface area contributed by atoms with Crippen LogP contribution in [0.1, 0.15) is 5.82 Å². The molecule has 9 heteroatoms. The lowest BCUT2D eigenvalue weighted by Gasteiger charge is -2.15. The molecule has 0 aliphatic rings. The highest BCUT2D eigenvalue weighted by atomic mass is 35.5. The first-order valence-corrected chi connectivity index (χ1v) is 11.5. The van der Waals surface area contributed by atoms with Crippen LogP contribution in [0.5, 0.6) is 0 Å². The molecule has 0 atom stereocenters. The molecule has 0 spiro atoms. The third-order valence-electron chi connectivity index (χ3n) is 5.42. The van der Waals surface area contributed by atoms with Crippen molar-refractivity contribution in [3.05, 3.63) is 94.5 Å². The fourth-order valence-electron chi connectivity index (χ4n) is 3.88. The average molecular weight is 471 g/mol. The number of hydrogen-bond acceptors (Lipinski definition) is 6. The van der Waals surface area contributed by atoms with Crippen LogP contribution in [0.2, 0.25) is 5.02 Å². The second-order valence-corrected chi connectivity index (χ2v) is 8.78. The van der Waals surface area contributed by atoms with Gasteiger partial charge in [-0.05, 0) is 35.0 Å². The third-order valence-corrected chi connectivity index (χ3v) is 6.71. The van der Waals surface area contributed by atoms with E-state index in [0.29, 0.717) is 49.4 Å². The molecule has 160 valence electrons. The van der Waals surface area contributed by atoms with E-state index in [0.717, 1.165) is 10.8 Å². The van der Waals surface area contributed by atoms with Crippen LogP contribution in [0.25, 0.3) is 38.5 Å². The van der Waals surface area contributed by atoms with Gasteiger partial charge in [0.25, 0.3) is 5.56 Å². The number of H-pyrrole nitrogens is 1. The Kier molecular flexibility index (Phi) is 4.82. The number of aromatic amines is 1. The molecule has 0 bridgehead atoms. The van der Waals surface area contributed by atoms with Crippen LogP contribution >= 0.6 is 23.4 Å². The van der Waals surface area contributed by atoms with Crippen molar-refractivity contribution in [2.45, 2.75) is 10.8 Å². The number of halogens is 1. The summed E-state index contributed by atoms with van der Waals surface area (Å²) >= 11 is 7.94. The Bertz CT molecular complexity index is 1730. The molecule has 33 heavy (non-hydrogen) atoms. The zero-order valence-corrected chi connectivity index (χ0v) is 18.6. The van der Waals surface area contributed by atoms with Gasteiger partial charge in [-0.25, -0.2) is 19.9 Å². The van der Waals surface area contributed by atoms with E-state index in [1.165, 1.54) is 18.1 Å². The van der Waals surface area contributed by atoms with E-state index in [9.17, 15) is 4.79 Å². The molecule has 6 aromatic rings. The van der Waals surface area contributed by atoms with E-state index in [1.54, 1.807) is 17.0 Å². The van der Waals surface area contributed by atoms with Crippen LogP contribution in [0, 0.1) is 0 Å². The summed E-state index contributed by atoms with van der Waals surface area (Å²) in [4.78, 5) is 34.5. The number of hydrogen-bond donors (Lipinski definition) is 1. The molecule has 7 nitrogen and oxygen atoms in total. The number of para-hydroxylation sites is 1. The second kappa shape index (κ2) is 7.99. The van der Waals surface area contributed by atoms with Crippen molar-refractivity contribution in [3.63, 3.8) is 0 Å². The number of imidazole rings is 1. The predicted molar refractivity (Wildman–Crippen MR) is 131 cm³/mol. The molecule has 0 aliphatic heterocycles. The van der Waals surface area contributed by atoms with E-state index in [2.05, 4.69) is 19.9 Å². The Morgan fingerprint density at radius 3 is 2.61 bits per heavy atom. The number of aromatic nitrogens is 6. The molecule has 3 heterocycles. The summed E-state index contributed by atoms with van der Waals surface area (Å²) in [7, 11) is 0. The molecule has 3 aromatic heterocycles. The summed E-state index contributed by atoms with van der Waals surface area (Å²) in [6.45, 7) is 0. The zero-order valence-electron chi connectivity index (χ0n) is 17.1. The van der Waals surface area contributed by atoms with Crippen molar-refractivity contribution in [2.75, 3.05) is 0 Å². The van der Waals surface area contributed by atoms with Crippen molar-refractivity contribution in [1.29, 1.82) is 0 Å². The topological polar surface area (TPSA) is 89.3 Å². The number of fused-ring (bicyclic) bond motifs is 3. The van der Waals surface area contributed by atoms with Crippen LogP contribution in [0.15, 0.2) is 83.1 Å². The van der Waals surface area contributed by atoms with Crippen molar-refractivity contribution < 1.29 is 0 Å². The highest BCUT2D eigenvalue weighted by Crippen LogP contribution is 2.28. The molecular formula is C24H15ClN6OS. The molecule has 0 radical (unpaired) electrons. The van der Waals surface area contributed by atoms with E-state index in [4.69, 9.17) is 16.6 Å². The van der Waals surface area contributed by atoms with Crippen molar-refractivity contribution in [2.24, 2.45) is 0 Å². The van der Waals surface area contributed by atoms with E-state index in [-0.39, 0.29) is 5.56 Å². The molecule has 6 rings (SSSR count). The van der Waals surface area contributed by atoms with Gasteiger partial charge in [0.2, 0.25) is 0 Å². The lowest BCUT2D eigenvalue weighted by Crippen LogP contribution is -2.24. The van der Waals surface area contributed by atoms with Gasteiger partial charge in [0, 0.05) is 0 Å². The highest BCUT2D eigenvalue weighted by molar-refractivity contribution is 7.98. The highest BCUT2D eigenvalue weighted by Gasteiger charge is 2.17. The Morgan fingerprint density at radius 2 is 1.76 bits per heavy atom. The lowest BCUT2D eigenvalue weighted by molar-refractivity contribution is 0.883. The van der Waals surface area contributed by atoms with Gasteiger partial charge in [-0.1, -0.05) is 59.8 Å². The normalized spacial score (nSPS) is 11.5. The number of nitrogens with zero attached hydrogens (tertiary/aromatic N) is 5. The molecule has 3 aromatic carbocycles. The fourth-order valence-corrected chi connectivity index (χ4v) is 4.97. The first-order chi connectivity index (χ1) is 16.2. The van der Waals surface area contributed by atoms with E-state index in [1.807, 2.05) is 54.6 Å². The molecule has 0 aliphatic carbocycles. The van der Waals surface area contributed by atoms with Gasteiger partial charge in [-0.2, -0.15) is 0 Å². The molecule has 0 fully saturated rings. The average Bonchev–Trinajstić information content (AvgIpc) is 3.32. The molecule has 1 N–H and O–H groups in total. The summed E-state index contributed by atoms with van der Waals surface area (Å²) in [5.74, 6) is 0.963. The van der Waals surface area contributed by atoms with Crippen LogP contribution < -0.4 is 5.56 Å². The first kappa shape index (κ1) is 19.9. The first-order valence-electron chi connectivity index (χ1n) is 10.2. The maximum atomic E-state index is 13.7. The third kappa shape index (κ3) is 3.44.